The van der Waals surface area contributed by atoms with Gasteiger partial charge in [-0.3, -0.25) is 9.80 Å². The van der Waals surface area contributed by atoms with Crippen molar-refractivity contribution in [2.45, 2.75) is 32.5 Å². The summed E-state index contributed by atoms with van der Waals surface area (Å²) >= 11 is 0. The van der Waals surface area contributed by atoms with Gasteiger partial charge in [-0.25, -0.2) is 0 Å². The molecular weight excluding hydrogens is 364 g/mol. The lowest BCUT2D eigenvalue weighted by atomic mass is 10.1. The molecule has 0 bridgehead atoms. The highest BCUT2D eigenvalue weighted by atomic mass is 16.5. The van der Waals surface area contributed by atoms with Crippen molar-refractivity contribution < 1.29 is 14.3 Å². The van der Waals surface area contributed by atoms with E-state index in [1.807, 2.05) is 24.3 Å². The molecule has 2 heterocycles. The highest BCUT2D eigenvalue weighted by Gasteiger charge is 2.27. The van der Waals surface area contributed by atoms with Crippen LogP contribution in [0.3, 0.4) is 0 Å². The third-order valence-electron chi connectivity index (χ3n) is 5.85. The maximum absolute atomic E-state index is 9.61. The van der Waals surface area contributed by atoms with Crippen molar-refractivity contribution in [3.8, 4) is 5.75 Å². The molecule has 4 rings (SSSR count). The summed E-state index contributed by atoms with van der Waals surface area (Å²) in [5.41, 5.74) is 3.40. The first-order valence-electron chi connectivity index (χ1n) is 10.3. The summed E-state index contributed by atoms with van der Waals surface area (Å²) in [7, 11) is 1.71. The van der Waals surface area contributed by atoms with Gasteiger partial charge in [0.2, 0.25) is 0 Å². The number of para-hydroxylation sites is 1. The van der Waals surface area contributed by atoms with E-state index in [-0.39, 0.29) is 6.61 Å². The Hall–Kier alpha value is -2.34. The second kappa shape index (κ2) is 8.99. The van der Waals surface area contributed by atoms with Gasteiger partial charge in [0.1, 0.15) is 17.1 Å². The van der Waals surface area contributed by atoms with Crippen molar-refractivity contribution in [3.63, 3.8) is 0 Å². The average molecular weight is 395 g/mol. The van der Waals surface area contributed by atoms with Crippen LogP contribution >= 0.6 is 0 Å². The summed E-state index contributed by atoms with van der Waals surface area (Å²) in [5, 5.41) is 10.8. The van der Waals surface area contributed by atoms with Crippen molar-refractivity contribution in [2.24, 2.45) is 0 Å². The van der Waals surface area contributed by atoms with Crippen LogP contribution in [0.15, 0.2) is 52.9 Å². The lowest BCUT2D eigenvalue weighted by Crippen LogP contribution is -2.52. The van der Waals surface area contributed by atoms with E-state index in [0.29, 0.717) is 6.04 Å². The van der Waals surface area contributed by atoms with E-state index in [9.17, 15) is 5.11 Å². The molecule has 1 fully saturated rings. The highest BCUT2D eigenvalue weighted by molar-refractivity contribution is 5.77. The van der Waals surface area contributed by atoms with Crippen LogP contribution in [0.5, 0.6) is 5.75 Å². The Morgan fingerprint density at radius 2 is 1.97 bits per heavy atom. The quantitative estimate of drug-likeness (QED) is 0.660. The van der Waals surface area contributed by atoms with Gasteiger partial charge in [-0.15, -0.1) is 0 Å². The molecule has 0 amide bonds. The van der Waals surface area contributed by atoms with E-state index in [4.69, 9.17) is 9.15 Å². The smallest absolute Gasteiger partial charge is 0.134 e. The zero-order valence-corrected chi connectivity index (χ0v) is 17.3. The summed E-state index contributed by atoms with van der Waals surface area (Å²) < 4.78 is 11.4. The lowest BCUT2D eigenvalue weighted by Gasteiger charge is -2.41. The van der Waals surface area contributed by atoms with Gasteiger partial charge in [-0.1, -0.05) is 30.3 Å². The van der Waals surface area contributed by atoms with Crippen molar-refractivity contribution >= 4 is 11.0 Å². The first-order valence-corrected chi connectivity index (χ1v) is 10.3. The summed E-state index contributed by atoms with van der Waals surface area (Å²) in [6.45, 7) is 6.91. The molecule has 2 aromatic carbocycles. The first-order chi connectivity index (χ1) is 14.2. The topological polar surface area (TPSA) is 49.1 Å². The molecule has 154 valence electrons. The standard InChI is InChI=1S/C24H30N2O3/c1-18-13-19(7-8-23(18)28-2)15-26-11-10-25(16-21(26)9-12-27)17-22-14-20-5-3-4-6-24(20)29-22/h3-8,13-14,21,27H,9-12,15-17H2,1-2H3/t21-/m1/s1. The number of methoxy groups -OCH3 is 1. The number of furan rings is 1. The fourth-order valence-corrected chi connectivity index (χ4v) is 4.34. The molecule has 0 spiro atoms. The lowest BCUT2D eigenvalue weighted by molar-refractivity contribution is 0.0471. The van der Waals surface area contributed by atoms with Crippen molar-refractivity contribution in [1.29, 1.82) is 0 Å². The molecule has 5 nitrogen and oxygen atoms in total. The minimum atomic E-state index is 0.210. The molecule has 1 aromatic heterocycles. The van der Waals surface area contributed by atoms with Crippen LogP contribution in [0.1, 0.15) is 23.3 Å². The Balaban J connectivity index is 1.42. The van der Waals surface area contributed by atoms with Crippen LogP contribution in [0.25, 0.3) is 11.0 Å². The number of hydrogen-bond donors (Lipinski definition) is 1. The molecule has 1 N–H and O–H groups in total. The predicted molar refractivity (Wildman–Crippen MR) is 115 cm³/mol. The van der Waals surface area contributed by atoms with Crippen molar-refractivity contribution in [2.75, 3.05) is 33.4 Å². The van der Waals surface area contributed by atoms with Gasteiger partial charge in [-0.2, -0.15) is 0 Å². The number of aliphatic hydroxyl groups is 1. The maximum atomic E-state index is 9.61. The molecule has 1 aliphatic heterocycles. The van der Waals surface area contributed by atoms with Crippen molar-refractivity contribution in [3.05, 3.63) is 65.4 Å². The molecule has 1 aliphatic rings. The molecule has 29 heavy (non-hydrogen) atoms. The number of benzene rings is 2. The Morgan fingerprint density at radius 3 is 2.72 bits per heavy atom. The molecule has 3 aromatic rings. The Bertz CT molecular complexity index is 919. The molecule has 0 radical (unpaired) electrons. The van der Waals surface area contributed by atoms with Gasteiger partial charge >= 0.3 is 0 Å². The van der Waals surface area contributed by atoms with Crippen LogP contribution in [0.2, 0.25) is 0 Å². The first kappa shape index (κ1) is 20.0. The summed E-state index contributed by atoms with van der Waals surface area (Å²) in [6, 6.07) is 17.0. The zero-order chi connectivity index (χ0) is 20.2. The SMILES string of the molecule is COc1ccc(CN2CCN(Cc3cc4ccccc4o3)C[C@H]2CCO)cc1C. The van der Waals surface area contributed by atoms with Gasteiger partial charge < -0.3 is 14.3 Å². The van der Waals surface area contributed by atoms with Crippen LogP contribution in [-0.2, 0) is 13.1 Å². The minimum Gasteiger partial charge on any atom is -0.496 e. The summed E-state index contributed by atoms with van der Waals surface area (Å²) in [6.07, 6.45) is 0.783. The summed E-state index contributed by atoms with van der Waals surface area (Å²) in [4.78, 5) is 4.93. The highest BCUT2D eigenvalue weighted by Crippen LogP contribution is 2.24. The van der Waals surface area contributed by atoms with Crippen LogP contribution < -0.4 is 4.74 Å². The number of aryl methyl sites for hydroxylation is 1. The molecule has 0 unspecified atom stereocenters. The molecule has 1 atom stereocenters. The van der Waals surface area contributed by atoms with E-state index in [0.717, 1.165) is 67.2 Å². The molecule has 0 aliphatic carbocycles. The summed E-state index contributed by atoms with van der Waals surface area (Å²) in [5.74, 6) is 1.93. The van der Waals surface area contributed by atoms with E-state index in [1.165, 1.54) is 5.56 Å². The second-order valence-corrected chi connectivity index (χ2v) is 7.93. The number of piperazine rings is 1. The average Bonchev–Trinajstić information content (AvgIpc) is 3.12. The molecule has 0 saturated carbocycles. The minimum absolute atomic E-state index is 0.210. The van der Waals surface area contributed by atoms with Crippen molar-refractivity contribution in [1.82, 2.24) is 9.80 Å². The van der Waals surface area contributed by atoms with Gasteiger partial charge in [0.05, 0.1) is 13.7 Å². The molecular formula is C24H30N2O3. The third-order valence-corrected chi connectivity index (χ3v) is 5.85. The maximum Gasteiger partial charge on any atom is 0.134 e. The molecule has 1 saturated heterocycles. The number of ether oxygens (including phenoxy) is 1. The van der Waals surface area contributed by atoms with E-state index < -0.39 is 0 Å². The van der Waals surface area contributed by atoms with Gasteiger partial charge in [-0.05, 0) is 42.7 Å². The number of nitrogens with zero attached hydrogens (tertiary/aromatic N) is 2. The Morgan fingerprint density at radius 1 is 1.10 bits per heavy atom. The van der Waals surface area contributed by atoms with Gasteiger partial charge in [0, 0.05) is 44.2 Å². The zero-order valence-electron chi connectivity index (χ0n) is 17.3. The van der Waals surface area contributed by atoms with Crippen LogP contribution in [-0.4, -0.2) is 54.3 Å². The largest absolute Gasteiger partial charge is 0.496 e. The Labute approximate surface area is 172 Å². The van der Waals surface area contributed by atoms with Gasteiger partial charge in [0.25, 0.3) is 0 Å². The molecule has 5 heteroatoms. The number of rotatable bonds is 7. The monoisotopic (exact) mass is 394 g/mol. The fourth-order valence-electron chi connectivity index (χ4n) is 4.34. The normalized spacial score (nSPS) is 18.4. The number of aliphatic hydroxyl groups excluding tert-OH is 1. The number of fused-ring (bicyclic) bond motifs is 1. The Kier molecular flexibility index (Phi) is 6.19. The predicted octanol–water partition coefficient (Wildman–Crippen LogP) is 3.82. The third kappa shape index (κ3) is 4.64. The fraction of sp³-hybridized carbons (Fsp3) is 0.417. The van der Waals surface area contributed by atoms with E-state index in [2.05, 4.69) is 41.0 Å². The van der Waals surface area contributed by atoms with E-state index in [1.54, 1.807) is 7.11 Å². The van der Waals surface area contributed by atoms with E-state index >= 15 is 0 Å². The van der Waals surface area contributed by atoms with Gasteiger partial charge in [0.15, 0.2) is 0 Å². The van der Waals surface area contributed by atoms with Crippen LogP contribution in [0.4, 0.5) is 0 Å². The second-order valence-electron chi connectivity index (χ2n) is 7.93. The number of hydrogen-bond acceptors (Lipinski definition) is 5. The van der Waals surface area contributed by atoms with Crippen LogP contribution in [0, 0.1) is 6.92 Å².